The molecule has 34 heavy (non-hydrogen) atoms. The number of nitrogens with two attached hydrogens (primary N) is 1. The maximum Gasteiger partial charge on any atom is 0.310 e. The molecule has 0 bridgehead atoms. The SMILES string of the molecule is CCOC(=O)Cc1ccc(C(C)=O)cc1OCc1cc(-c2ccnc(CN)c2)c2occc2c1. The van der Waals surface area contributed by atoms with E-state index < -0.39 is 0 Å². The van der Waals surface area contributed by atoms with Gasteiger partial charge in [-0.2, -0.15) is 0 Å². The van der Waals surface area contributed by atoms with Crippen molar-refractivity contribution in [1.29, 1.82) is 0 Å². The fraction of sp³-hybridized carbons (Fsp3) is 0.222. The summed E-state index contributed by atoms with van der Waals surface area (Å²) in [5.41, 5.74) is 11.2. The largest absolute Gasteiger partial charge is 0.489 e. The molecular weight excluding hydrogens is 432 g/mol. The second-order valence-electron chi connectivity index (χ2n) is 7.87. The number of carbonyl (C=O) groups excluding carboxylic acids is 2. The Hall–Kier alpha value is -3.97. The first-order chi connectivity index (χ1) is 16.5. The molecule has 0 atom stereocenters. The van der Waals surface area contributed by atoms with Gasteiger partial charge in [-0.3, -0.25) is 14.6 Å². The maximum absolute atomic E-state index is 12.1. The van der Waals surface area contributed by atoms with Crippen LogP contribution in [0.25, 0.3) is 22.1 Å². The zero-order valence-corrected chi connectivity index (χ0v) is 19.2. The minimum Gasteiger partial charge on any atom is -0.489 e. The van der Waals surface area contributed by atoms with Crippen LogP contribution in [-0.4, -0.2) is 23.3 Å². The summed E-state index contributed by atoms with van der Waals surface area (Å²) in [6.07, 6.45) is 3.44. The van der Waals surface area contributed by atoms with Crippen molar-refractivity contribution in [3.05, 3.63) is 83.4 Å². The Morgan fingerprint density at radius 2 is 1.94 bits per heavy atom. The number of esters is 1. The number of fused-ring (bicyclic) bond motifs is 1. The summed E-state index contributed by atoms with van der Waals surface area (Å²) < 4.78 is 17.0. The number of carbonyl (C=O) groups is 2. The fourth-order valence-corrected chi connectivity index (χ4v) is 3.78. The number of ether oxygens (including phenoxy) is 2. The van der Waals surface area contributed by atoms with E-state index in [1.54, 1.807) is 37.6 Å². The van der Waals surface area contributed by atoms with Crippen LogP contribution < -0.4 is 10.5 Å². The number of hydrogen-bond donors (Lipinski definition) is 1. The van der Waals surface area contributed by atoms with Gasteiger partial charge in [0.2, 0.25) is 0 Å². The van der Waals surface area contributed by atoms with Crippen LogP contribution in [0.2, 0.25) is 0 Å². The van der Waals surface area contributed by atoms with Crippen LogP contribution in [0, 0.1) is 0 Å². The van der Waals surface area contributed by atoms with Gasteiger partial charge in [0.05, 0.1) is 25.0 Å². The van der Waals surface area contributed by atoms with E-state index in [0.717, 1.165) is 33.4 Å². The van der Waals surface area contributed by atoms with Gasteiger partial charge in [-0.25, -0.2) is 0 Å². The van der Waals surface area contributed by atoms with Gasteiger partial charge < -0.3 is 19.6 Å². The van der Waals surface area contributed by atoms with Crippen molar-refractivity contribution in [3.63, 3.8) is 0 Å². The third-order valence-electron chi connectivity index (χ3n) is 5.46. The first kappa shape index (κ1) is 23.2. The quantitative estimate of drug-likeness (QED) is 0.283. The highest BCUT2D eigenvalue weighted by atomic mass is 16.5. The number of benzene rings is 2. The highest BCUT2D eigenvalue weighted by Gasteiger charge is 2.15. The van der Waals surface area contributed by atoms with Crippen LogP contribution in [0.15, 0.2) is 65.4 Å². The van der Waals surface area contributed by atoms with Crippen LogP contribution in [0.4, 0.5) is 0 Å². The predicted molar refractivity (Wildman–Crippen MR) is 128 cm³/mol. The Morgan fingerprint density at radius 1 is 1.09 bits per heavy atom. The Morgan fingerprint density at radius 3 is 2.71 bits per heavy atom. The average Bonchev–Trinajstić information content (AvgIpc) is 3.31. The van der Waals surface area contributed by atoms with Gasteiger partial charge in [0.25, 0.3) is 0 Å². The topological polar surface area (TPSA) is 105 Å². The lowest BCUT2D eigenvalue weighted by Gasteiger charge is -2.14. The predicted octanol–water partition coefficient (Wildman–Crippen LogP) is 4.84. The van der Waals surface area contributed by atoms with Crippen molar-refractivity contribution in [2.75, 3.05) is 6.61 Å². The van der Waals surface area contributed by atoms with Gasteiger partial charge in [0.15, 0.2) is 5.78 Å². The summed E-state index contributed by atoms with van der Waals surface area (Å²) in [7, 11) is 0. The molecule has 2 aromatic carbocycles. The summed E-state index contributed by atoms with van der Waals surface area (Å²) in [4.78, 5) is 28.2. The van der Waals surface area contributed by atoms with Crippen LogP contribution >= 0.6 is 0 Å². The number of rotatable bonds is 9. The molecule has 4 rings (SSSR count). The molecule has 0 amide bonds. The van der Waals surface area contributed by atoms with Crippen molar-refractivity contribution in [3.8, 4) is 16.9 Å². The Kier molecular flexibility index (Phi) is 7.04. The van der Waals surface area contributed by atoms with E-state index in [1.165, 1.54) is 6.92 Å². The molecule has 2 heterocycles. The second-order valence-corrected chi connectivity index (χ2v) is 7.87. The zero-order valence-electron chi connectivity index (χ0n) is 19.2. The Balaban J connectivity index is 1.66. The summed E-state index contributed by atoms with van der Waals surface area (Å²) in [5, 5.41) is 0.937. The van der Waals surface area contributed by atoms with E-state index >= 15 is 0 Å². The lowest BCUT2D eigenvalue weighted by atomic mass is 10.0. The number of aromatic nitrogens is 1. The highest BCUT2D eigenvalue weighted by Crippen LogP contribution is 2.32. The molecule has 0 aliphatic carbocycles. The molecular formula is C27H26N2O5. The van der Waals surface area contributed by atoms with Crippen LogP contribution in [0.3, 0.4) is 0 Å². The number of ketones is 1. The molecule has 0 aliphatic rings. The van der Waals surface area contributed by atoms with Crippen LogP contribution in [0.5, 0.6) is 5.75 Å². The van der Waals surface area contributed by atoms with Gasteiger partial charge >= 0.3 is 5.97 Å². The number of furan rings is 1. The Labute approximate surface area is 197 Å². The van der Waals surface area contributed by atoms with Crippen LogP contribution in [-0.2, 0) is 29.1 Å². The summed E-state index contributed by atoms with van der Waals surface area (Å²) in [5.74, 6) is 0.0466. The third-order valence-corrected chi connectivity index (χ3v) is 5.46. The molecule has 4 aromatic rings. The number of hydrogen-bond acceptors (Lipinski definition) is 7. The first-order valence-electron chi connectivity index (χ1n) is 11.1. The molecule has 0 radical (unpaired) electrons. The third kappa shape index (κ3) is 5.15. The molecule has 0 saturated carbocycles. The minimum absolute atomic E-state index is 0.0618. The van der Waals surface area contributed by atoms with Gasteiger partial charge in [-0.1, -0.05) is 12.1 Å². The van der Waals surface area contributed by atoms with E-state index in [2.05, 4.69) is 4.98 Å². The normalized spacial score (nSPS) is 10.9. The number of pyridine rings is 1. The van der Waals surface area contributed by atoms with Crippen LogP contribution in [0.1, 0.15) is 41.0 Å². The maximum atomic E-state index is 12.1. The number of Topliss-reactive ketones (excluding diaryl/α,β-unsaturated/α-hetero) is 1. The van der Waals surface area contributed by atoms with Crippen molar-refractivity contribution in [1.82, 2.24) is 4.98 Å². The smallest absolute Gasteiger partial charge is 0.310 e. The molecule has 0 fully saturated rings. The fourth-order valence-electron chi connectivity index (χ4n) is 3.78. The van der Waals surface area contributed by atoms with E-state index in [-0.39, 0.29) is 24.8 Å². The van der Waals surface area contributed by atoms with Gasteiger partial charge in [0.1, 0.15) is 17.9 Å². The summed E-state index contributed by atoms with van der Waals surface area (Å²) in [6.45, 7) is 4.13. The van der Waals surface area contributed by atoms with Crippen molar-refractivity contribution >= 4 is 22.7 Å². The first-order valence-corrected chi connectivity index (χ1v) is 11.1. The van der Waals surface area contributed by atoms with Gasteiger partial charge in [0, 0.05) is 34.8 Å². The van der Waals surface area contributed by atoms with E-state index in [9.17, 15) is 9.59 Å². The van der Waals surface area contributed by atoms with Crippen molar-refractivity contribution in [2.45, 2.75) is 33.4 Å². The molecule has 7 nitrogen and oxygen atoms in total. The highest BCUT2D eigenvalue weighted by molar-refractivity contribution is 5.95. The summed E-state index contributed by atoms with van der Waals surface area (Å²) in [6, 6.07) is 14.8. The number of nitrogens with zero attached hydrogens (tertiary/aromatic N) is 1. The van der Waals surface area contributed by atoms with Gasteiger partial charge in [-0.05, 0) is 61.4 Å². The molecule has 174 valence electrons. The molecule has 7 heteroatoms. The Bertz CT molecular complexity index is 1340. The van der Waals surface area contributed by atoms with E-state index in [1.807, 2.05) is 30.3 Å². The molecule has 0 aliphatic heterocycles. The lowest BCUT2D eigenvalue weighted by molar-refractivity contribution is -0.142. The molecule has 0 saturated heterocycles. The summed E-state index contributed by atoms with van der Waals surface area (Å²) >= 11 is 0. The lowest BCUT2D eigenvalue weighted by Crippen LogP contribution is -2.10. The molecule has 2 N–H and O–H groups in total. The van der Waals surface area contributed by atoms with Gasteiger partial charge in [-0.15, -0.1) is 0 Å². The molecule has 2 aromatic heterocycles. The second kappa shape index (κ2) is 10.3. The van der Waals surface area contributed by atoms with E-state index in [4.69, 9.17) is 19.6 Å². The monoisotopic (exact) mass is 458 g/mol. The van der Waals surface area contributed by atoms with Crippen molar-refractivity contribution < 1.29 is 23.5 Å². The van der Waals surface area contributed by atoms with E-state index in [0.29, 0.717) is 30.0 Å². The average molecular weight is 459 g/mol. The molecule has 0 unspecified atom stereocenters. The zero-order chi connectivity index (χ0) is 24.1. The standard InChI is InChI=1S/C27H26N2O5/c1-3-32-26(31)14-21-5-4-19(17(2)30)13-25(21)34-16-18-10-22-7-9-33-27(22)24(11-18)20-6-8-29-23(12-20)15-28/h4-13H,3,14-16,28H2,1-2H3. The van der Waals surface area contributed by atoms with Crippen molar-refractivity contribution in [2.24, 2.45) is 5.73 Å². The molecule has 0 spiro atoms. The minimum atomic E-state index is -0.349.